The summed E-state index contributed by atoms with van der Waals surface area (Å²) in [6.45, 7) is 3.63. The van der Waals surface area contributed by atoms with E-state index in [-0.39, 0.29) is 0 Å². The third kappa shape index (κ3) is 3.99. The summed E-state index contributed by atoms with van der Waals surface area (Å²) in [5.74, 6) is -0.413. The van der Waals surface area contributed by atoms with Crippen molar-refractivity contribution < 1.29 is 9.59 Å². The maximum Gasteiger partial charge on any atom is 0.318 e. The Morgan fingerprint density at radius 1 is 1.41 bits per heavy atom. The van der Waals surface area contributed by atoms with E-state index < -0.39 is 17.2 Å². The molecule has 0 aliphatic heterocycles. The number of nitrogens with two attached hydrogens (primary N) is 2. The molecule has 0 heterocycles. The van der Waals surface area contributed by atoms with E-state index >= 15 is 0 Å². The fourth-order valence-corrected chi connectivity index (χ4v) is 2.22. The summed E-state index contributed by atoms with van der Waals surface area (Å²) >= 11 is 1.33. The van der Waals surface area contributed by atoms with E-state index in [9.17, 15) is 9.59 Å². The van der Waals surface area contributed by atoms with Crippen LogP contribution in [0.4, 0.5) is 10.5 Å². The van der Waals surface area contributed by atoms with Crippen molar-refractivity contribution in [1.29, 1.82) is 0 Å². The standard InChI is InChI=1S/C11H15N3O2S/c1-6-3-4-8(12)5-9(6)17-7(2)10(15)14-11(13)16/h3-5,7H,12H2,1-2H3,(H3,13,14,15,16). The Hall–Kier alpha value is -1.69. The molecule has 1 aromatic rings. The Morgan fingerprint density at radius 2 is 2.06 bits per heavy atom. The summed E-state index contributed by atoms with van der Waals surface area (Å²) in [6, 6.07) is 4.64. The van der Waals surface area contributed by atoms with Gasteiger partial charge in [0.05, 0.1) is 5.25 Å². The minimum absolute atomic E-state index is 0.413. The van der Waals surface area contributed by atoms with Crippen molar-refractivity contribution in [1.82, 2.24) is 5.32 Å². The number of rotatable bonds is 3. The average molecular weight is 253 g/mol. The van der Waals surface area contributed by atoms with Gasteiger partial charge < -0.3 is 11.5 Å². The molecule has 0 aliphatic rings. The van der Waals surface area contributed by atoms with Gasteiger partial charge in [0, 0.05) is 10.6 Å². The average Bonchev–Trinajstić information content (AvgIpc) is 2.22. The molecular weight excluding hydrogens is 238 g/mol. The van der Waals surface area contributed by atoms with Crippen LogP contribution in [0.5, 0.6) is 0 Å². The van der Waals surface area contributed by atoms with E-state index in [1.165, 1.54) is 11.8 Å². The highest BCUT2D eigenvalue weighted by atomic mass is 32.2. The van der Waals surface area contributed by atoms with Crippen LogP contribution in [0, 0.1) is 6.92 Å². The predicted octanol–water partition coefficient (Wildman–Crippen LogP) is 1.25. The molecule has 1 aromatic carbocycles. The monoisotopic (exact) mass is 253 g/mol. The van der Waals surface area contributed by atoms with Gasteiger partial charge in [0.25, 0.3) is 0 Å². The van der Waals surface area contributed by atoms with Crippen molar-refractivity contribution >= 4 is 29.4 Å². The van der Waals surface area contributed by atoms with Gasteiger partial charge in [-0.15, -0.1) is 11.8 Å². The molecule has 0 radical (unpaired) electrons. The van der Waals surface area contributed by atoms with Crippen LogP contribution in [0.3, 0.4) is 0 Å². The third-order valence-electron chi connectivity index (χ3n) is 2.13. The fraction of sp³-hybridized carbons (Fsp3) is 0.273. The van der Waals surface area contributed by atoms with Crippen LogP contribution in [0.15, 0.2) is 23.1 Å². The quantitative estimate of drug-likeness (QED) is 0.557. The number of nitrogen functional groups attached to an aromatic ring is 1. The summed E-state index contributed by atoms with van der Waals surface area (Å²) in [5, 5.41) is 1.63. The molecule has 5 nitrogen and oxygen atoms in total. The summed E-state index contributed by atoms with van der Waals surface area (Å²) in [7, 11) is 0. The van der Waals surface area contributed by atoms with Crippen molar-refractivity contribution in [2.24, 2.45) is 5.73 Å². The molecule has 0 saturated heterocycles. The van der Waals surface area contributed by atoms with E-state index in [0.29, 0.717) is 5.69 Å². The van der Waals surface area contributed by atoms with Crippen molar-refractivity contribution in [3.05, 3.63) is 23.8 Å². The summed E-state index contributed by atoms with van der Waals surface area (Å²) in [5.41, 5.74) is 12.2. The second kappa shape index (κ2) is 5.58. The predicted molar refractivity (Wildman–Crippen MR) is 68.6 cm³/mol. The lowest BCUT2D eigenvalue weighted by molar-refractivity contribution is -0.119. The maximum atomic E-state index is 11.5. The highest BCUT2D eigenvalue weighted by molar-refractivity contribution is 8.00. The van der Waals surface area contributed by atoms with Gasteiger partial charge in [0.15, 0.2) is 0 Å². The molecule has 0 saturated carbocycles. The Kier molecular flexibility index (Phi) is 4.39. The van der Waals surface area contributed by atoms with Crippen LogP contribution in [-0.4, -0.2) is 17.2 Å². The first-order valence-corrected chi connectivity index (χ1v) is 5.91. The first-order chi connectivity index (χ1) is 7.90. The molecule has 1 unspecified atom stereocenters. The fourth-order valence-electron chi connectivity index (χ4n) is 1.21. The molecule has 1 rings (SSSR count). The minimum atomic E-state index is -0.841. The zero-order chi connectivity index (χ0) is 13.0. The number of aryl methyl sites for hydroxylation is 1. The number of urea groups is 1. The first-order valence-electron chi connectivity index (χ1n) is 5.03. The van der Waals surface area contributed by atoms with E-state index in [1.807, 2.05) is 18.3 Å². The highest BCUT2D eigenvalue weighted by Gasteiger charge is 2.16. The molecule has 0 bridgehead atoms. The SMILES string of the molecule is Cc1ccc(N)cc1SC(C)C(=O)NC(N)=O. The molecule has 1 atom stereocenters. The van der Waals surface area contributed by atoms with Gasteiger partial charge in [0.2, 0.25) is 5.91 Å². The zero-order valence-electron chi connectivity index (χ0n) is 9.69. The van der Waals surface area contributed by atoms with Crippen molar-refractivity contribution in [3.8, 4) is 0 Å². The zero-order valence-corrected chi connectivity index (χ0v) is 10.5. The molecular formula is C11H15N3O2S. The lowest BCUT2D eigenvalue weighted by atomic mass is 10.2. The Bertz CT molecular complexity index is 448. The van der Waals surface area contributed by atoms with Gasteiger partial charge in [0.1, 0.15) is 0 Å². The number of hydrogen-bond donors (Lipinski definition) is 3. The molecule has 0 fully saturated rings. The molecule has 17 heavy (non-hydrogen) atoms. The Balaban J connectivity index is 2.73. The number of amides is 3. The topological polar surface area (TPSA) is 98.2 Å². The maximum absolute atomic E-state index is 11.5. The molecule has 0 aliphatic carbocycles. The van der Waals surface area contributed by atoms with E-state index in [1.54, 1.807) is 19.1 Å². The van der Waals surface area contributed by atoms with Gasteiger partial charge >= 0.3 is 6.03 Å². The second-order valence-corrected chi connectivity index (χ2v) is 5.02. The summed E-state index contributed by atoms with van der Waals surface area (Å²) < 4.78 is 0. The van der Waals surface area contributed by atoms with Crippen LogP contribution in [0.1, 0.15) is 12.5 Å². The number of primary amides is 1. The van der Waals surface area contributed by atoms with Gasteiger partial charge in [-0.25, -0.2) is 4.79 Å². The van der Waals surface area contributed by atoms with Crippen molar-refractivity contribution in [3.63, 3.8) is 0 Å². The number of hydrogen-bond acceptors (Lipinski definition) is 4. The number of carbonyl (C=O) groups is 2. The lowest BCUT2D eigenvalue weighted by Gasteiger charge is -2.12. The summed E-state index contributed by atoms with van der Waals surface area (Å²) in [6.07, 6.45) is 0. The van der Waals surface area contributed by atoms with Gasteiger partial charge in [-0.3, -0.25) is 10.1 Å². The second-order valence-electron chi connectivity index (χ2n) is 3.64. The van der Waals surface area contributed by atoms with Gasteiger partial charge in [-0.2, -0.15) is 0 Å². The van der Waals surface area contributed by atoms with E-state index in [4.69, 9.17) is 11.5 Å². The smallest absolute Gasteiger partial charge is 0.318 e. The minimum Gasteiger partial charge on any atom is -0.399 e. The van der Waals surface area contributed by atoms with E-state index in [0.717, 1.165) is 10.5 Å². The van der Waals surface area contributed by atoms with Crippen LogP contribution in [0.25, 0.3) is 0 Å². The largest absolute Gasteiger partial charge is 0.399 e. The number of thioether (sulfide) groups is 1. The van der Waals surface area contributed by atoms with Crippen LogP contribution in [0.2, 0.25) is 0 Å². The molecule has 6 heteroatoms. The molecule has 5 N–H and O–H groups in total. The number of imide groups is 1. The van der Waals surface area contributed by atoms with Gasteiger partial charge in [-0.1, -0.05) is 6.07 Å². The number of benzene rings is 1. The Labute approximate surface area is 104 Å². The molecule has 3 amide bonds. The molecule has 92 valence electrons. The van der Waals surface area contributed by atoms with Crippen LogP contribution in [-0.2, 0) is 4.79 Å². The number of carbonyl (C=O) groups excluding carboxylic acids is 2. The van der Waals surface area contributed by atoms with Crippen molar-refractivity contribution in [2.45, 2.75) is 24.0 Å². The normalized spacial score (nSPS) is 11.9. The van der Waals surface area contributed by atoms with Crippen LogP contribution < -0.4 is 16.8 Å². The number of nitrogens with one attached hydrogen (secondary N) is 1. The number of anilines is 1. The Morgan fingerprint density at radius 3 is 2.65 bits per heavy atom. The first kappa shape index (κ1) is 13.4. The highest BCUT2D eigenvalue weighted by Crippen LogP contribution is 2.28. The molecule has 0 spiro atoms. The van der Waals surface area contributed by atoms with E-state index in [2.05, 4.69) is 0 Å². The summed E-state index contributed by atoms with van der Waals surface area (Å²) in [4.78, 5) is 23.0. The van der Waals surface area contributed by atoms with Crippen LogP contribution >= 0.6 is 11.8 Å². The lowest BCUT2D eigenvalue weighted by Crippen LogP contribution is -2.39. The van der Waals surface area contributed by atoms with Crippen molar-refractivity contribution in [2.75, 3.05) is 5.73 Å². The third-order valence-corrected chi connectivity index (χ3v) is 3.39. The van der Waals surface area contributed by atoms with Gasteiger partial charge in [-0.05, 0) is 31.5 Å². The molecule has 0 aromatic heterocycles.